The average molecular weight is 288 g/mol. The first-order valence-electron chi connectivity index (χ1n) is 7.53. The molecule has 0 bridgehead atoms. The molecule has 3 rings (SSSR count). The van der Waals surface area contributed by atoms with Gasteiger partial charge in [-0.25, -0.2) is 0 Å². The first-order chi connectivity index (χ1) is 10.5. The molecule has 0 fully saturated rings. The van der Waals surface area contributed by atoms with Crippen molar-refractivity contribution in [2.75, 3.05) is 0 Å². The van der Waals surface area contributed by atoms with E-state index >= 15 is 0 Å². The van der Waals surface area contributed by atoms with Crippen LogP contribution in [0.15, 0.2) is 66.9 Å². The van der Waals surface area contributed by atoms with Crippen LogP contribution >= 0.6 is 0 Å². The number of hydrogen-bond acceptors (Lipinski definition) is 2. The van der Waals surface area contributed by atoms with E-state index in [1.54, 1.807) is 0 Å². The maximum atomic E-state index is 4.84. The summed E-state index contributed by atoms with van der Waals surface area (Å²) in [6.07, 6.45) is 1.81. The molecule has 0 amide bonds. The molecule has 0 unspecified atom stereocenters. The normalized spacial score (nSPS) is 11.4. The molecular weight excluding hydrogens is 268 g/mol. The molecule has 0 aliphatic heterocycles. The second-order valence-electron chi connectivity index (χ2n) is 6.46. The molecule has 2 heteroatoms. The Hall–Kier alpha value is -2.48. The zero-order valence-electron chi connectivity index (χ0n) is 13.2. The standard InChI is InChI=1S/C20H20N2/c1-20(2,3)19-14-16(15-9-5-4-6-10-15)13-18(22-19)17-11-7-8-12-21-17/h4-14H,1-3H3. The fourth-order valence-electron chi connectivity index (χ4n) is 2.36. The summed E-state index contributed by atoms with van der Waals surface area (Å²) in [6, 6.07) is 20.6. The molecule has 0 aliphatic carbocycles. The summed E-state index contributed by atoms with van der Waals surface area (Å²) in [5, 5.41) is 0. The van der Waals surface area contributed by atoms with Crippen molar-refractivity contribution in [3.8, 4) is 22.5 Å². The van der Waals surface area contributed by atoms with Crippen molar-refractivity contribution >= 4 is 0 Å². The highest BCUT2D eigenvalue weighted by Crippen LogP contribution is 2.29. The molecule has 0 saturated heterocycles. The molecule has 0 radical (unpaired) electrons. The maximum absolute atomic E-state index is 4.84. The van der Waals surface area contributed by atoms with Gasteiger partial charge in [-0.05, 0) is 35.4 Å². The van der Waals surface area contributed by atoms with Gasteiger partial charge in [-0.15, -0.1) is 0 Å². The van der Waals surface area contributed by atoms with Gasteiger partial charge >= 0.3 is 0 Å². The van der Waals surface area contributed by atoms with E-state index in [2.05, 4.69) is 62.2 Å². The largest absolute Gasteiger partial charge is 0.255 e. The van der Waals surface area contributed by atoms with Gasteiger partial charge in [0.05, 0.1) is 11.4 Å². The van der Waals surface area contributed by atoms with Gasteiger partial charge < -0.3 is 0 Å². The van der Waals surface area contributed by atoms with Crippen LogP contribution in [0.5, 0.6) is 0 Å². The minimum Gasteiger partial charge on any atom is -0.255 e. The van der Waals surface area contributed by atoms with E-state index in [-0.39, 0.29) is 5.41 Å². The van der Waals surface area contributed by atoms with Crippen LogP contribution < -0.4 is 0 Å². The van der Waals surface area contributed by atoms with Crippen molar-refractivity contribution < 1.29 is 0 Å². The van der Waals surface area contributed by atoms with Gasteiger partial charge in [0, 0.05) is 17.3 Å². The van der Waals surface area contributed by atoms with Gasteiger partial charge in [-0.3, -0.25) is 9.97 Å². The quantitative estimate of drug-likeness (QED) is 0.655. The SMILES string of the molecule is CC(C)(C)c1cc(-c2ccccc2)cc(-c2ccccn2)n1. The van der Waals surface area contributed by atoms with Crippen LogP contribution in [0.25, 0.3) is 22.5 Å². The summed E-state index contributed by atoms with van der Waals surface area (Å²) < 4.78 is 0. The third-order valence-electron chi connectivity index (χ3n) is 3.63. The fourth-order valence-corrected chi connectivity index (χ4v) is 2.36. The van der Waals surface area contributed by atoms with Gasteiger partial charge in [0.15, 0.2) is 0 Å². The highest BCUT2D eigenvalue weighted by molar-refractivity contribution is 5.69. The Bertz CT molecular complexity index is 699. The molecule has 1 aromatic carbocycles. The number of rotatable bonds is 2. The predicted octanol–water partition coefficient (Wildman–Crippen LogP) is 5.11. The molecule has 0 aliphatic rings. The Balaban J connectivity index is 2.19. The van der Waals surface area contributed by atoms with Gasteiger partial charge in [-0.1, -0.05) is 57.2 Å². The molecule has 22 heavy (non-hydrogen) atoms. The molecule has 2 nitrogen and oxygen atoms in total. The third kappa shape index (κ3) is 3.06. The van der Waals surface area contributed by atoms with E-state index in [4.69, 9.17) is 4.98 Å². The summed E-state index contributed by atoms with van der Waals surface area (Å²) in [7, 11) is 0. The third-order valence-corrected chi connectivity index (χ3v) is 3.63. The van der Waals surface area contributed by atoms with Crippen molar-refractivity contribution in [1.82, 2.24) is 9.97 Å². The Morgan fingerprint density at radius 3 is 2.09 bits per heavy atom. The summed E-state index contributed by atoms with van der Waals surface area (Å²) in [5.74, 6) is 0. The lowest BCUT2D eigenvalue weighted by atomic mass is 9.89. The van der Waals surface area contributed by atoms with Crippen molar-refractivity contribution in [2.45, 2.75) is 26.2 Å². The van der Waals surface area contributed by atoms with Gasteiger partial charge in [0.1, 0.15) is 0 Å². The molecule has 110 valence electrons. The van der Waals surface area contributed by atoms with E-state index in [1.165, 1.54) is 11.1 Å². The topological polar surface area (TPSA) is 25.8 Å². The van der Waals surface area contributed by atoms with E-state index in [0.29, 0.717) is 0 Å². The van der Waals surface area contributed by atoms with Crippen LogP contribution in [0.3, 0.4) is 0 Å². The lowest BCUT2D eigenvalue weighted by Crippen LogP contribution is -2.14. The van der Waals surface area contributed by atoms with Crippen molar-refractivity contribution in [2.24, 2.45) is 0 Å². The Kier molecular flexibility index (Phi) is 3.76. The molecule has 0 N–H and O–H groups in total. The Morgan fingerprint density at radius 2 is 1.45 bits per heavy atom. The first-order valence-corrected chi connectivity index (χ1v) is 7.53. The summed E-state index contributed by atoms with van der Waals surface area (Å²) >= 11 is 0. The van der Waals surface area contributed by atoms with Crippen LogP contribution in [0.4, 0.5) is 0 Å². The highest BCUT2D eigenvalue weighted by Gasteiger charge is 2.18. The minimum atomic E-state index is -0.00563. The van der Waals surface area contributed by atoms with Gasteiger partial charge in [-0.2, -0.15) is 0 Å². The molecule has 2 heterocycles. The van der Waals surface area contributed by atoms with Crippen LogP contribution in [0.1, 0.15) is 26.5 Å². The Morgan fingerprint density at radius 1 is 0.727 bits per heavy atom. The van der Waals surface area contributed by atoms with E-state index in [9.17, 15) is 0 Å². The van der Waals surface area contributed by atoms with Crippen molar-refractivity contribution in [3.63, 3.8) is 0 Å². The Labute approximate surface area is 131 Å². The van der Waals surface area contributed by atoms with Crippen LogP contribution in [-0.4, -0.2) is 9.97 Å². The smallest absolute Gasteiger partial charge is 0.0895 e. The monoisotopic (exact) mass is 288 g/mol. The lowest BCUT2D eigenvalue weighted by Gasteiger charge is -2.20. The summed E-state index contributed by atoms with van der Waals surface area (Å²) in [6.45, 7) is 6.56. The zero-order valence-corrected chi connectivity index (χ0v) is 13.2. The second kappa shape index (κ2) is 5.72. The van der Waals surface area contributed by atoms with Crippen LogP contribution in [-0.2, 0) is 5.41 Å². The molecule has 0 spiro atoms. The second-order valence-corrected chi connectivity index (χ2v) is 6.46. The maximum Gasteiger partial charge on any atom is 0.0895 e. The van der Waals surface area contributed by atoms with E-state index in [1.807, 2.05) is 30.5 Å². The van der Waals surface area contributed by atoms with Gasteiger partial charge in [0.25, 0.3) is 0 Å². The van der Waals surface area contributed by atoms with Crippen molar-refractivity contribution in [3.05, 3.63) is 72.6 Å². The van der Waals surface area contributed by atoms with Gasteiger partial charge in [0.2, 0.25) is 0 Å². The fraction of sp³-hybridized carbons (Fsp3) is 0.200. The molecule has 0 atom stereocenters. The molecule has 3 aromatic rings. The number of aromatic nitrogens is 2. The van der Waals surface area contributed by atoms with Crippen LogP contribution in [0.2, 0.25) is 0 Å². The van der Waals surface area contributed by atoms with E-state index < -0.39 is 0 Å². The average Bonchev–Trinajstić information content (AvgIpc) is 2.55. The minimum absolute atomic E-state index is 0.00563. The summed E-state index contributed by atoms with van der Waals surface area (Å²) in [5.41, 5.74) is 5.29. The first kappa shape index (κ1) is 14.5. The number of benzene rings is 1. The lowest BCUT2D eigenvalue weighted by molar-refractivity contribution is 0.570. The highest BCUT2D eigenvalue weighted by atomic mass is 14.8. The van der Waals surface area contributed by atoms with E-state index in [0.717, 1.165) is 17.1 Å². The molecule has 2 aromatic heterocycles. The number of pyridine rings is 2. The molecule has 0 saturated carbocycles. The van der Waals surface area contributed by atoms with Crippen molar-refractivity contribution in [1.29, 1.82) is 0 Å². The molecular formula is C20H20N2. The number of nitrogens with zero attached hydrogens (tertiary/aromatic N) is 2. The summed E-state index contributed by atoms with van der Waals surface area (Å²) in [4.78, 5) is 9.28. The number of hydrogen-bond donors (Lipinski definition) is 0. The predicted molar refractivity (Wildman–Crippen MR) is 91.6 cm³/mol. The zero-order chi connectivity index (χ0) is 15.6. The van der Waals surface area contributed by atoms with Crippen LogP contribution in [0, 0.1) is 0 Å².